The predicted octanol–water partition coefficient (Wildman–Crippen LogP) is 2.00. The number of nitrogens with zero attached hydrogens (tertiary/aromatic N) is 4. The highest BCUT2D eigenvalue weighted by atomic mass is 16.6. The average molecular weight is 342 g/mol. The van der Waals surface area contributed by atoms with Crippen molar-refractivity contribution in [1.29, 1.82) is 0 Å². The molecule has 1 fully saturated rings. The number of nitro groups is 1. The van der Waals surface area contributed by atoms with E-state index >= 15 is 0 Å². The van der Waals surface area contributed by atoms with Crippen LogP contribution in [0.1, 0.15) is 18.4 Å². The van der Waals surface area contributed by atoms with Gasteiger partial charge in [-0.25, -0.2) is 9.97 Å². The van der Waals surface area contributed by atoms with Gasteiger partial charge in [-0.15, -0.1) is 0 Å². The van der Waals surface area contributed by atoms with Crippen molar-refractivity contribution in [2.24, 2.45) is 0 Å². The van der Waals surface area contributed by atoms with Crippen molar-refractivity contribution in [1.82, 2.24) is 14.9 Å². The van der Waals surface area contributed by atoms with E-state index in [2.05, 4.69) is 9.97 Å². The molecule has 0 radical (unpaired) electrons. The van der Waals surface area contributed by atoms with Crippen molar-refractivity contribution in [3.8, 4) is 5.88 Å². The molecule has 8 heteroatoms. The smallest absolute Gasteiger partial charge is 0.269 e. The van der Waals surface area contributed by atoms with Gasteiger partial charge in [0.2, 0.25) is 11.8 Å². The molecule has 0 atom stereocenters. The summed E-state index contributed by atoms with van der Waals surface area (Å²) in [5.74, 6) is 0.569. The van der Waals surface area contributed by atoms with Crippen LogP contribution >= 0.6 is 0 Å². The minimum atomic E-state index is -0.450. The molecule has 1 saturated heterocycles. The summed E-state index contributed by atoms with van der Waals surface area (Å²) in [6, 6.07) is 7.81. The first-order chi connectivity index (χ1) is 12.1. The highest BCUT2D eigenvalue weighted by molar-refractivity contribution is 5.79. The fourth-order valence-electron chi connectivity index (χ4n) is 2.76. The topological polar surface area (TPSA) is 98.5 Å². The number of aromatic nitrogens is 2. The Kier molecular flexibility index (Phi) is 5.17. The maximum atomic E-state index is 12.4. The second-order valence-electron chi connectivity index (χ2n) is 5.85. The van der Waals surface area contributed by atoms with Crippen LogP contribution in [0.15, 0.2) is 42.9 Å². The van der Waals surface area contributed by atoms with Crippen LogP contribution in [0.3, 0.4) is 0 Å². The van der Waals surface area contributed by atoms with E-state index in [1.165, 1.54) is 18.5 Å². The lowest BCUT2D eigenvalue weighted by Gasteiger charge is -2.32. The summed E-state index contributed by atoms with van der Waals surface area (Å²) >= 11 is 0. The average Bonchev–Trinajstić information content (AvgIpc) is 2.63. The number of hydrogen-bond acceptors (Lipinski definition) is 6. The zero-order chi connectivity index (χ0) is 17.6. The Balaban J connectivity index is 1.49. The van der Waals surface area contributed by atoms with Gasteiger partial charge in [-0.1, -0.05) is 12.1 Å². The molecule has 25 heavy (non-hydrogen) atoms. The Hall–Kier alpha value is -3.03. The summed E-state index contributed by atoms with van der Waals surface area (Å²) in [7, 11) is 0. The second-order valence-corrected chi connectivity index (χ2v) is 5.85. The monoisotopic (exact) mass is 342 g/mol. The zero-order valence-corrected chi connectivity index (χ0v) is 13.6. The molecule has 3 rings (SSSR count). The molecule has 130 valence electrons. The van der Waals surface area contributed by atoms with Gasteiger partial charge in [0, 0.05) is 50.3 Å². The molecule has 0 saturated carbocycles. The van der Waals surface area contributed by atoms with Crippen LogP contribution < -0.4 is 4.74 Å². The Bertz CT molecular complexity index is 728. The number of rotatable bonds is 5. The highest BCUT2D eigenvalue weighted by Crippen LogP contribution is 2.18. The minimum Gasteiger partial charge on any atom is -0.474 e. The number of piperidine rings is 1. The number of benzene rings is 1. The van der Waals surface area contributed by atoms with E-state index in [0.29, 0.717) is 19.0 Å². The van der Waals surface area contributed by atoms with Gasteiger partial charge in [-0.2, -0.15) is 0 Å². The summed E-state index contributed by atoms with van der Waals surface area (Å²) < 4.78 is 5.78. The van der Waals surface area contributed by atoms with Crippen molar-refractivity contribution in [2.45, 2.75) is 25.4 Å². The quantitative estimate of drug-likeness (QED) is 0.609. The van der Waals surface area contributed by atoms with Gasteiger partial charge in [-0.3, -0.25) is 14.9 Å². The number of carbonyl (C=O) groups is 1. The van der Waals surface area contributed by atoms with E-state index in [-0.39, 0.29) is 24.1 Å². The minimum absolute atomic E-state index is 0.0225. The molecule has 2 aromatic rings. The van der Waals surface area contributed by atoms with Crippen molar-refractivity contribution in [3.05, 3.63) is 58.5 Å². The van der Waals surface area contributed by atoms with E-state index in [4.69, 9.17) is 4.74 Å². The molecule has 1 aromatic carbocycles. The van der Waals surface area contributed by atoms with Crippen LogP contribution in [0.5, 0.6) is 5.88 Å². The third-order valence-electron chi connectivity index (χ3n) is 4.14. The Morgan fingerprint density at radius 1 is 1.24 bits per heavy atom. The Morgan fingerprint density at radius 3 is 2.56 bits per heavy atom. The lowest BCUT2D eigenvalue weighted by molar-refractivity contribution is -0.384. The molecule has 2 heterocycles. The first-order valence-corrected chi connectivity index (χ1v) is 8.05. The maximum Gasteiger partial charge on any atom is 0.269 e. The highest BCUT2D eigenvalue weighted by Gasteiger charge is 2.24. The molecule has 1 aliphatic heterocycles. The molecule has 1 amide bonds. The van der Waals surface area contributed by atoms with Crippen LogP contribution in [0.2, 0.25) is 0 Å². The maximum absolute atomic E-state index is 12.4. The number of hydrogen-bond donors (Lipinski definition) is 0. The molecule has 8 nitrogen and oxygen atoms in total. The molecule has 0 unspecified atom stereocenters. The van der Waals surface area contributed by atoms with Crippen molar-refractivity contribution in [2.75, 3.05) is 13.1 Å². The lowest BCUT2D eigenvalue weighted by atomic mass is 10.1. The van der Waals surface area contributed by atoms with Gasteiger partial charge in [-0.05, 0) is 5.56 Å². The molecule has 0 N–H and O–H groups in total. The second kappa shape index (κ2) is 7.69. The van der Waals surface area contributed by atoms with Crippen molar-refractivity contribution in [3.63, 3.8) is 0 Å². The number of carbonyl (C=O) groups excluding carboxylic acids is 1. The molecule has 0 bridgehead atoms. The summed E-state index contributed by atoms with van der Waals surface area (Å²) in [4.78, 5) is 32.3. The van der Waals surface area contributed by atoms with Crippen LogP contribution in [-0.4, -0.2) is 44.9 Å². The van der Waals surface area contributed by atoms with Crippen molar-refractivity contribution >= 4 is 11.6 Å². The SMILES string of the molecule is O=C(Cc1ccc([N+](=O)[O-])cc1)N1CCC(Oc2ccncn2)CC1. The number of non-ortho nitro benzene ring substituents is 1. The largest absolute Gasteiger partial charge is 0.474 e. The summed E-state index contributed by atoms with van der Waals surface area (Å²) in [5, 5.41) is 10.7. The number of nitro benzene ring substituents is 1. The van der Waals surface area contributed by atoms with E-state index in [1.807, 2.05) is 0 Å². The zero-order valence-electron chi connectivity index (χ0n) is 13.6. The van der Waals surface area contributed by atoms with Crippen LogP contribution in [0.4, 0.5) is 5.69 Å². The molecular formula is C17H18N4O4. The van der Waals surface area contributed by atoms with E-state index in [0.717, 1.165) is 18.4 Å². The first-order valence-electron chi connectivity index (χ1n) is 8.05. The van der Waals surface area contributed by atoms with Gasteiger partial charge in [0.1, 0.15) is 12.4 Å². The predicted molar refractivity (Wildman–Crippen MR) is 89.1 cm³/mol. The third-order valence-corrected chi connectivity index (χ3v) is 4.14. The number of amides is 1. The third kappa shape index (κ3) is 4.50. The lowest BCUT2D eigenvalue weighted by Crippen LogP contribution is -2.42. The van der Waals surface area contributed by atoms with E-state index in [9.17, 15) is 14.9 Å². The fourth-order valence-corrected chi connectivity index (χ4v) is 2.76. The van der Waals surface area contributed by atoms with Crippen LogP contribution in [-0.2, 0) is 11.2 Å². The Morgan fingerprint density at radius 2 is 1.96 bits per heavy atom. The molecule has 1 aromatic heterocycles. The number of likely N-dealkylation sites (tertiary alicyclic amines) is 1. The van der Waals surface area contributed by atoms with E-state index < -0.39 is 4.92 Å². The standard InChI is InChI=1S/C17H18N4O4/c22-17(11-13-1-3-14(4-2-13)21(23)24)20-9-6-15(7-10-20)25-16-5-8-18-12-19-16/h1-5,8,12,15H,6-7,9-11H2. The molecule has 1 aliphatic rings. The normalized spacial score (nSPS) is 15.0. The first kappa shape index (κ1) is 16.8. The summed E-state index contributed by atoms with van der Waals surface area (Å²) in [5.41, 5.74) is 0.800. The summed E-state index contributed by atoms with van der Waals surface area (Å²) in [6.07, 6.45) is 4.85. The molecule has 0 spiro atoms. The number of ether oxygens (including phenoxy) is 1. The van der Waals surface area contributed by atoms with Gasteiger partial charge < -0.3 is 9.64 Å². The Labute approximate surface area is 144 Å². The van der Waals surface area contributed by atoms with Gasteiger partial charge in [0.25, 0.3) is 5.69 Å². The van der Waals surface area contributed by atoms with E-state index in [1.54, 1.807) is 29.3 Å². The molecule has 0 aliphatic carbocycles. The fraction of sp³-hybridized carbons (Fsp3) is 0.353. The van der Waals surface area contributed by atoms with Crippen LogP contribution in [0, 0.1) is 10.1 Å². The van der Waals surface area contributed by atoms with Gasteiger partial charge >= 0.3 is 0 Å². The van der Waals surface area contributed by atoms with Crippen LogP contribution in [0.25, 0.3) is 0 Å². The molecular weight excluding hydrogens is 324 g/mol. The van der Waals surface area contributed by atoms with Gasteiger partial charge in [0.15, 0.2) is 0 Å². The van der Waals surface area contributed by atoms with Gasteiger partial charge in [0.05, 0.1) is 11.3 Å². The van der Waals surface area contributed by atoms with Crippen molar-refractivity contribution < 1.29 is 14.5 Å². The summed E-state index contributed by atoms with van der Waals surface area (Å²) in [6.45, 7) is 1.25.